The first-order valence-electron chi connectivity index (χ1n) is 4.92. The lowest BCUT2D eigenvalue weighted by atomic mass is 10.2. The fourth-order valence-electron chi connectivity index (χ4n) is 1.95. The van der Waals surface area contributed by atoms with Gasteiger partial charge in [0.1, 0.15) is 0 Å². The van der Waals surface area contributed by atoms with Crippen LogP contribution in [-0.2, 0) is 0 Å². The molecule has 1 aromatic heterocycles. The number of aromatic nitrogens is 1. The van der Waals surface area contributed by atoms with E-state index in [9.17, 15) is 0 Å². The zero-order chi connectivity index (χ0) is 8.84. The average Bonchev–Trinajstić information content (AvgIpc) is 2.87. The highest BCUT2D eigenvalue weighted by molar-refractivity contribution is 5.81. The maximum atomic E-state index is 2.41. The van der Waals surface area contributed by atoms with E-state index in [-0.39, 0.29) is 0 Å². The van der Waals surface area contributed by atoms with E-state index in [0.29, 0.717) is 0 Å². The maximum absolute atomic E-state index is 2.41. The Bertz CT molecular complexity index is 449. The standard InChI is InChI=1S/C12H13N/c1-9-2-5-12-10(8-9)6-7-13(12)11-3-4-11/h2,5-8,11H,3-4H2,1H3. The van der Waals surface area contributed by atoms with Crippen molar-refractivity contribution in [2.75, 3.05) is 0 Å². The molecule has 0 spiro atoms. The molecule has 0 N–H and O–H groups in total. The number of rotatable bonds is 1. The molecule has 0 atom stereocenters. The third-order valence-electron chi connectivity index (χ3n) is 2.82. The highest BCUT2D eigenvalue weighted by Crippen LogP contribution is 2.37. The lowest BCUT2D eigenvalue weighted by molar-refractivity contribution is 0.776. The molecule has 0 unspecified atom stereocenters. The van der Waals surface area contributed by atoms with Crippen LogP contribution in [0.1, 0.15) is 24.4 Å². The van der Waals surface area contributed by atoms with Gasteiger partial charge < -0.3 is 4.57 Å². The van der Waals surface area contributed by atoms with Gasteiger partial charge in [0.25, 0.3) is 0 Å². The Morgan fingerprint density at radius 1 is 1.23 bits per heavy atom. The van der Waals surface area contributed by atoms with E-state index in [2.05, 4.69) is 42.0 Å². The van der Waals surface area contributed by atoms with Gasteiger partial charge in [-0.25, -0.2) is 0 Å². The molecule has 1 heterocycles. The first kappa shape index (κ1) is 7.19. The lowest BCUT2D eigenvalue weighted by Crippen LogP contribution is -1.89. The van der Waals surface area contributed by atoms with Crippen LogP contribution in [0, 0.1) is 6.92 Å². The summed E-state index contributed by atoms with van der Waals surface area (Å²) in [6, 6.07) is 9.71. The monoisotopic (exact) mass is 171 g/mol. The topological polar surface area (TPSA) is 4.93 Å². The molecule has 0 amide bonds. The zero-order valence-electron chi connectivity index (χ0n) is 7.83. The molecule has 0 saturated heterocycles. The minimum atomic E-state index is 0.792. The quantitative estimate of drug-likeness (QED) is 0.620. The van der Waals surface area contributed by atoms with Gasteiger partial charge in [0.05, 0.1) is 0 Å². The Labute approximate surface area is 78.0 Å². The summed E-state index contributed by atoms with van der Waals surface area (Å²) in [6.45, 7) is 2.15. The van der Waals surface area contributed by atoms with Gasteiger partial charge in [0.15, 0.2) is 0 Å². The predicted molar refractivity (Wildman–Crippen MR) is 54.9 cm³/mol. The molecule has 1 nitrogen and oxygen atoms in total. The molecule has 1 saturated carbocycles. The highest BCUT2D eigenvalue weighted by Gasteiger charge is 2.23. The van der Waals surface area contributed by atoms with E-state index < -0.39 is 0 Å². The molecule has 1 fully saturated rings. The molecule has 1 aromatic carbocycles. The van der Waals surface area contributed by atoms with Crippen LogP contribution in [0.2, 0.25) is 0 Å². The lowest BCUT2D eigenvalue weighted by Gasteiger charge is -2.01. The van der Waals surface area contributed by atoms with Crippen LogP contribution in [0.25, 0.3) is 10.9 Å². The molecule has 1 heteroatoms. The second-order valence-electron chi connectivity index (χ2n) is 4.02. The van der Waals surface area contributed by atoms with Crippen molar-refractivity contribution >= 4 is 10.9 Å². The number of aryl methyl sites for hydroxylation is 1. The van der Waals surface area contributed by atoms with Crippen molar-refractivity contribution in [3.8, 4) is 0 Å². The van der Waals surface area contributed by atoms with Crippen molar-refractivity contribution < 1.29 is 0 Å². The van der Waals surface area contributed by atoms with E-state index in [1.165, 1.54) is 29.3 Å². The smallest absolute Gasteiger partial charge is 0.0483 e. The first-order chi connectivity index (χ1) is 6.34. The normalized spacial score (nSPS) is 16.7. The van der Waals surface area contributed by atoms with Crippen molar-refractivity contribution in [3.63, 3.8) is 0 Å². The Kier molecular flexibility index (Phi) is 1.32. The molecule has 13 heavy (non-hydrogen) atoms. The summed E-state index contributed by atoms with van der Waals surface area (Å²) in [5.41, 5.74) is 2.74. The minimum Gasteiger partial charge on any atom is -0.344 e. The fourth-order valence-corrected chi connectivity index (χ4v) is 1.95. The van der Waals surface area contributed by atoms with Gasteiger partial charge >= 0.3 is 0 Å². The molecule has 1 aliphatic carbocycles. The summed E-state index contributed by atoms with van der Waals surface area (Å²) in [4.78, 5) is 0. The Balaban J connectivity index is 2.26. The van der Waals surface area contributed by atoms with Gasteiger partial charge in [0.2, 0.25) is 0 Å². The van der Waals surface area contributed by atoms with Gasteiger partial charge in [-0.05, 0) is 43.4 Å². The maximum Gasteiger partial charge on any atom is 0.0483 e. The van der Waals surface area contributed by atoms with Crippen molar-refractivity contribution in [2.45, 2.75) is 25.8 Å². The SMILES string of the molecule is Cc1ccc2c(ccn2C2CC2)c1. The van der Waals surface area contributed by atoms with Crippen LogP contribution in [-0.4, -0.2) is 4.57 Å². The molecular formula is C12H13N. The molecule has 0 radical (unpaired) electrons. The predicted octanol–water partition coefficient (Wildman–Crippen LogP) is 3.28. The van der Waals surface area contributed by atoms with E-state index in [1.807, 2.05) is 0 Å². The Morgan fingerprint density at radius 2 is 2.08 bits per heavy atom. The van der Waals surface area contributed by atoms with Crippen LogP contribution < -0.4 is 0 Å². The van der Waals surface area contributed by atoms with Crippen molar-refractivity contribution in [2.24, 2.45) is 0 Å². The summed E-state index contributed by atoms with van der Waals surface area (Å²) < 4.78 is 2.41. The summed E-state index contributed by atoms with van der Waals surface area (Å²) in [7, 11) is 0. The van der Waals surface area contributed by atoms with Crippen molar-refractivity contribution in [3.05, 3.63) is 36.0 Å². The van der Waals surface area contributed by atoms with E-state index in [4.69, 9.17) is 0 Å². The van der Waals surface area contributed by atoms with Gasteiger partial charge in [-0.3, -0.25) is 0 Å². The number of hydrogen-bond acceptors (Lipinski definition) is 0. The highest BCUT2D eigenvalue weighted by atomic mass is 15.0. The Hall–Kier alpha value is -1.24. The molecule has 3 rings (SSSR count). The number of nitrogens with zero attached hydrogens (tertiary/aromatic N) is 1. The average molecular weight is 171 g/mol. The summed E-state index contributed by atoms with van der Waals surface area (Å²) in [5.74, 6) is 0. The van der Waals surface area contributed by atoms with Gasteiger partial charge in [-0.15, -0.1) is 0 Å². The second kappa shape index (κ2) is 2.38. The molecule has 66 valence electrons. The van der Waals surface area contributed by atoms with Crippen LogP contribution in [0.5, 0.6) is 0 Å². The molecule has 0 bridgehead atoms. The van der Waals surface area contributed by atoms with Gasteiger partial charge in [-0.2, -0.15) is 0 Å². The van der Waals surface area contributed by atoms with Gasteiger partial charge in [-0.1, -0.05) is 11.6 Å². The summed E-state index contributed by atoms with van der Waals surface area (Å²) >= 11 is 0. The molecule has 2 aromatic rings. The van der Waals surface area contributed by atoms with Crippen molar-refractivity contribution in [1.82, 2.24) is 4.57 Å². The summed E-state index contributed by atoms with van der Waals surface area (Å²) in [6.07, 6.45) is 4.94. The molecule has 0 aliphatic heterocycles. The van der Waals surface area contributed by atoms with E-state index in [0.717, 1.165) is 6.04 Å². The molecule has 1 aliphatic rings. The minimum absolute atomic E-state index is 0.792. The third-order valence-corrected chi connectivity index (χ3v) is 2.82. The third kappa shape index (κ3) is 1.07. The Morgan fingerprint density at radius 3 is 2.85 bits per heavy atom. The van der Waals surface area contributed by atoms with Crippen LogP contribution in [0.15, 0.2) is 30.5 Å². The van der Waals surface area contributed by atoms with Crippen molar-refractivity contribution in [1.29, 1.82) is 0 Å². The number of hydrogen-bond donors (Lipinski definition) is 0. The van der Waals surface area contributed by atoms with Gasteiger partial charge in [0, 0.05) is 17.8 Å². The van der Waals surface area contributed by atoms with Crippen LogP contribution in [0.4, 0.5) is 0 Å². The zero-order valence-corrected chi connectivity index (χ0v) is 7.83. The number of benzene rings is 1. The largest absolute Gasteiger partial charge is 0.344 e. The van der Waals surface area contributed by atoms with E-state index >= 15 is 0 Å². The first-order valence-corrected chi connectivity index (χ1v) is 4.92. The number of fused-ring (bicyclic) bond motifs is 1. The molecular weight excluding hydrogens is 158 g/mol. The summed E-state index contributed by atoms with van der Waals surface area (Å²) in [5, 5.41) is 1.38. The second-order valence-corrected chi connectivity index (χ2v) is 4.02. The van der Waals surface area contributed by atoms with E-state index in [1.54, 1.807) is 0 Å². The fraction of sp³-hybridized carbons (Fsp3) is 0.333. The van der Waals surface area contributed by atoms with Crippen LogP contribution in [0.3, 0.4) is 0 Å². The van der Waals surface area contributed by atoms with Crippen LogP contribution >= 0.6 is 0 Å².